The van der Waals surface area contributed by atoms with Crippen molar-refractivity contribution in [2.45, 2.75) is 92.0 Å². The van der Waals surface area contributed by atoms with Gasteiger partial charge in [0, 0.05) is 78.9 Å². The van der Waals surface area contributed by atoms with Crippen LogP contribution in [0.15, 0.2) is 137 Å². The van der Waals surface area contributed by atoms with E-state index in [0.29, 0.717) is 5.88 Å². The number of hydrogen-bond acceptors (Lipinski definition) is 15. The Bertz CT molecular complexity index is 3070. The van der Waals surface area contributed by atoms with E-state index >= 15 is 0 Å². The van der Waals surface area contributed by atoms with E-state index in [1.807, 2.05) is 103 Å². The summed E-state index contributed by atoms with van der Waals surface area (Å²) in [4.78, 5) is 31.4. The third kappa shape index (κ3) is 17.4. The lowest BCUT2D eigenvalue weighted by molar-refractivity contribution is 0.281. The van der Waals surface area contributed by atoms with Crippen LogP contribution in [0.3, 0.4) is 0 Å². The van der Waals surface area contributed by atoms with Gasteiger partial charge in [0.15, 0.2) is 0 Å². The first kappa shape index (κ1) is 58.5. The third-order valence-electron chi connectivity index (χ3n) is 12.0. The largest absolute Gasteiger partial charge is 0.395 e. The Morgan fingerprint density at radius 1 is 0.560 bits per heavy atom. The lowest BCUT2D eigenvalue weighted by Gasteiger charge is -2.13. The Labute approximate surface area is 465 Å². The maximum atomic E-state index is 12.8. The van der Waals surface area contributed by atoms with Gasteiger partial charge in [-0.25, -0.2) is 29.3 Å². The van der Waals surface area contributed by atoms with E-state index in [9.17, 15) is 14.6 Å². The number of thiazole rings is 5. The molecule has 18 heteroatoms. The molecule has 0 bridgehead atoms. The van der Waals surface area contributed by atoms with Crippen LogP contribution < -0.4 is 0 Å². The molecule has 0 amide bonds. The van der Waals surface area contributed by atoms with Crippen molar-refractivity contribution in [1.82, 2.24) is 44.9 Å². The van der Waals surface area contributed by atoms with E-state index in [2.05, 4.69) is 85.3 Å². The average Bonchev–Trinajstić information content (AvgIpc) is 4.33. The standard InChI is InChI=1S/C13H14ClNS.C13H13N5S.C12H12FNOS.C12H13NOS.C7H11NS/c1-9-3-5-11(6-4-9)12(7-14)13-10(2)15-8-16-13;1-10-13(19-9-15-10)4-6-18-8-12(16-17-18)11-3-2-5-14-7-11;1-8-12(16-7-14-8)11(6-15)9-2-4-10(13)5-3-9;1-9-12(15-8-13-9)11(7-14)10-5-3-2-4-6-10;1-3-4-7-6(2)8-5-9-7/h3-6,8,12H,7H2,1-2H3;2-3,5,7-9H,4,6H2,1H3;2-5,7,11,15H,6H2,1H3;2-6,8,11,14H,7H2,1H3;5H,3-4H2,1-2H3. The summed E-state index contributed by atoms with van der Waals surface area (Å²) in [5.74, 6) is 0.578. The molecule has 10 aromatic rings. The number of hydrogen-bond donors (Lipinski definition) is 2. The Hall–Kier alpha value is -5.76. The number of halogens is 2. The first-order valence-corrected chi connectivity index (χ1v) is 29.3. The molecule has 7 heterocycles. The van der Waals surface area contributed by atoms with Crippen LogP contribution in [-0.4, -0.2) is 74.2 Å². The number of pyridine rings is 1. The van der Waals surface area contributed by atoms with Gasteiger partial charge in [0.05, 0.1) is 75.4 Å². The van der Waals surface area contributed by atoms with Crippen LogP contribution in [0.5, 0.6) is 0 Å². The molecule has 0 aliphatic heterocycles. The van der Waals surface area contributed by atoms with Crippen molar-refractivity contribution in [3.8, 4) is 11.3 Å². The second kappa shape index (κ2) is 30.7. The summed E-state index contributed by atoms with van der Waals surface area (Å²) in [6.45, 7) is 15.3. The second-order valence-electron chi connectivity index (χ2n) is 17.3. The van der Waals surface area contributed by atoms with E-state index in [4.69, 9.17) is 11.6 Å². The molecule has 3 aromatic carbocycles. The minimum Gasteiger partial charge on any atom is -0.395 e. The highest BCUT2D eigenvalue weighted by atomic mass is 35.5. The molecular formula is C57H63ClFN9O2S5. The van der Waals surface area contributed by atoms with Crippen molar-refractivity contribution in [3.63, 3.8) is 0 Å². The van der Waals surface area contributed by atoms with Gasteiger partial charge < -0.3 is 10.2 Å². The Kier molecular flexibility index (Phi) is 24.0. The molecule has 0 aliphatic rings. The van der Waals surface area contributed by atoms with Gasteiger partial charge in [-0.05, 0) is 88.9 Å². The Morgan fingerprint density at radius 3 is 1.49 bits per heavy atom. The fourth-order valence-corrected chi connectivity index (χ4v) is 12.6. The minimum absolute atomic E-state index is 0.00860. The number of rotatable bonds is 15. The molecule has 0 fully saturated rings. The monoisotopic (exact) mass is 1120 g/mol. The van der Waals surface area contributed by atoms with Crippen LogP contribution in [0.25, 0.3) is 11.3 Å². The first-order valence-electron chi connectivity index (χ1n) is 24.4. The van der Waals surface area contributed by atoms with E-state index < -0.39 is 0 Å². The van der Waals surface area contributed by atoms with Gasteiger partial charge in [-0.15, -0.1) is 73.4 Å². The summed E-state index contributed by atoms with van der Waals surface area (Å²) in [7, 11) is 0. The SMILES string of the molecule is CCCc1scnc1C.Cc1ccc(C(CCl)c2scnc2C)cc1.Cc1ncsc1C(CO)c1ccc(F)cc1.Cc1ncsc1C(CO)c1ccccc1.Cc1ncsc1CCn1cc(-c2cccnc2)nn1. The normalized spacial score (nSPS) is 11.9. The molecule has 0 saturated carbocycles. The van der Waals surface area contributed by atoms with Crippen molar-refractivity contribution in [3.05, 3.63) is 218 Å². The van der Waals surface area contributed by atoms with Gasteiger partial charge >= 0.3 is 0 Å². The zero-order valence-corrected chi connectivity index (χ0v) is 48.0. The first-order chi connectivity index (χ1) is 36.4. The molecule has 3 atom stereocenters. The molecule has 10 rings (SSSR count). The van der Waals surface area contributed by atoms with Gasteiger partial charge in [0.25, 0.3) is 0 Å². The Balaban J connectivity index is 0.000000155. The topological polar surface area (TPSA) is 149 Å². The van der Waals surface area contributed by atoms with Crippen LogP contribution in [0.2, 0.25) is 0 Å². The van der Waals surface area contributed by atoms with Crippen molar-refractivity contribution in [2.24, 2.45) is 0 Å². The van der Waals surface area contributed by atoms with Crippen molar-refractivity contribution in [2.75, 3.05) is 19.1 Å². The molecule has 0 saturated heterocycles. The molecule has 0 radical (unpaired) electrons. The number of aromatic nitrogens is 9. The molecular weight excluding hydrogens is 1060 g/mol. The predicted octanol–water partition coefficient (Wildman–Crippen LogP) is 14.2. The number of aliphatic hydroxyl groups excluding tert-OH is 2. The number of nitrogens with zero attached hydrogens (tertiary/aromatic N) is 9. The summed E-state index contributed by atoms with van der Waals surface area (Å²) in [5, 5.41) is 27.2. The summed E-state index contributed by atoms with van der Waals surface area (Å²) in [5.41, 5.74) is 21.1. The van der Waals surface area contributed by atoms with Gasteiger partial charge in [-0.1, -0.05) is 90.9 Å². The second-order valence-corrected chi connectivity index (χ2v) is 22.1. The zero-order chi connectivity index (χ0) is 53.5. The molecule has 392 valence electrons. The van der Waals surface area contributed by atoms with Gasteiger partial charge in [-0.2, -0.15) is 0 Å². The highest BCUT2D eigenvalue weighted by Gasteiger charge is 2.19. The predicted molar refractivity (Wildman–Crippen MR) is 310 cm³/mol. The van der Waals surface area contributed by atoms with Crippen molar-refractivity contribution < 1.29 is 14.6 Å². The van der Waals surface area contributed by atoms with E-state index in [1.165, 1.54) is 67.8 Å². The van der Waals surface area contributed by atoms with E-state index in [1.54, 1.807) is 75.4 Å². The van der Waals surface area contributed by atoms with E-state index in [-0.39, 0.29) is 36.8 Å². The fourth-order valence-electron chi connectivity index (χ4n) is 7.73. The maximum Gasteiger partial charge on any atom is 0.123 e. The van der Waals surface area contributed by atoms with Gasteiger partial charge in [0.2, 0.25) is 0 Å². The van der Waals surface area contributed by atoms with Crippen LogP contribution in [0.1, 0.15) is 106 Å². The van der Waals surface area contributed by atoms with Gasteiger partial charge in [-0.3, -0.25) is 9.67 Å². The van der Waals surface area contributed by atoms with Crippen LogP contribution in [-0.2, 0) is 19.4 Å². The molecule has 3 unspecified atom stereocenters. The summed E-state index contributed by atoms with van der Waals surface area (Å²) in [6.07, 6.45) is 8.85. The third-order valence-corrected chi connectivity index (χ3v) is 17.4. The minimum atomic E-state index is -0.263. The molecule has 11 nitrogen and oxygen atoms in total. The summed E-state index contributed by atoms with van der Waals surface area (Å²) < 4.78 is 14.7. The van der Waals surface area contributed by atoms with Crippen LogP contribution in [0, 0.1) is 47.4 Å². The van der Waals surface area contributed by atoms with Crippen LogP contribution >= 0.6 is 68.3 Å². The highest BCUT2D eigenvalue weighted by molar-refractivity contribution is 7.10. The number of alkyl halides is 1. The van der Waals surface area contributed by atoms with E-state index in [0.717, 1.165) is 67.9 Å². The van der Waals surface area contributed by atoms with Crippen molar-refractivity contribution >= 4 is 68.3 Å². The number of aryl methyl sites for hydroxylation is 9. The number of benzene rings is 3. The van der Waals surface area contributed by atoms with Gasteiger partial charge in [0.1, 0.15) is 11.5 Å². The quantitative estimate of drug-likeness (QED) is 0.0950. The molecule has 7 aromatic heterocycles. The highest BCUT2D eigenvalue weighted by Crippen LogP contribution is 2.33. The molecule has 2 N–H and O–H groups in total. The smallest absolute Gasteiger partial charge is 0.123 e. The summed E-state index contributed by atoms with van der Waals surface area (Å²) >= 11 is 14.3. The number of aliphatic hydroxyl groups is 2. The molecule has 0 aliphatic carbocycles. The van der Waals surface area contributed by atoms with Crippen LogP contribution in [0.4, 0.5) is 4.39 Å². The fraction of sp³-hybridized carbons (Fsp3) is 0.298. The summed E-state index contributed by atoms with van der Waals surface area (Å²) in [6, 6.07) is 28.7. The lowest BCUT2D eigenvalue weighted by Crippen LogP contribution is -2.05. The molecule has 75 heavy (non-hydrogen) atoms. The average molecular weight is 1120 g/mol. The maximum absolute atomic E-state index is 12.8. The van der Waals surface area contributed by atoms with Crippen molar-refractivity contribution in [1.29, 1.82) is 0 Å². The Morgan fingerprint density at radius 2 is 1.04 bits per heavy atom. The lowest BCUT2D eigenvalue weighted by atomic mass is 9.97. The molecule has 0 spiro atoms. The zero-order valence-electron chi connectivity index (χ0n) is 43.2.